The fourth-order valence-corrected chi connectivity index (χ4v) is 4.25. The van der Waals surface area contributed by atoms with Crippen molar-refractivity contribution < 1.29 is 9.53 Å². The first-order valence-electron chi connectivity index (χ1n) is 9.45. The number of fused-ring (bicyclic) bond motifs is 1. The van der Waals surface area contributed by atoms with E-state index >= 15 is 0 Å². The number of carbonyl (C=O) groups is 1. The van der Waals surface area contributed by atoms with E-state index in [1.54, 1.807) is 0 Å². The Balaban J connectivity index is 1.47. The molecule has 1 amide bonds. The van der Waals surface area contributed by atoms with Gasteiger partial charge in [0.25, 0.3) is 5.91 Å². The molecular formula is C20H27N3O2. The minimum absolute atomic E-state index is 0.0200. The van der Waals surface area contributed by atoms with Gasteiger partial charge in [-0.25, -0.2) is 0 Å². The minimum Gasteiger partial charge on any atom is -0.381 e. The summed E-state index contributed by atoms with van der Waals surface area (Å²) < 4.78 is 7.59. The van der Waals surface area contributed by atoms with Gasteiger partial charge in [-0.15, -0.1) is 0 Å². The van der Waals surface area contributed by atoms with Crippen molar-refractivity contribution in [3.05, 3.63) is 42.2 Å². The molecule has 2 aromatic rings. The SMILES string of the molecule is O=C(NCC1(N2CCCCC2)CCOCC1)c1cc2ccccn2c1. The molecule has 0 aromatic carbocycles. The molecule has 5 heteroatoms. The quantitative estimate of drug-likeness (QED) is 0.930. The Morgan fingerprint density at radius 3 is 2.72 bits per heavy atom. The highest BCUT2D eigenvalue weighted by molar-refractivity contribution is 5.95. The minimum atomic E-state index is 0.0200. The summed E-state index contributed by atoms with van der Waals surface area (Å²) in [7, 11) is 0. The molecular weight excluding hydrogens is 314 g/mol. The van der Waals surface area contributed by atoms with Gasteiger partial charge in [0.1, 0.15) is 0 Å². The number of likely N-dealkylation sites (tertiary alicyclic amines) is 1. The Bertz CT molecular complexity index is 694. The fraction of sp³-hybridized carbons (Fsp3) is 0.550. The highest BCUT2D eigenvalue weighted by Gasteiger charge is 2.39. The number of hydrogen-bond acceptors (Lipinski definition) is 3. The van der Waals surface area contributed by atoms with E-state index in [4.69, 9.17) is 4.74 Å². The van der Waals surface area contributed by atoms with Crippen molar-refractivity contribution >= 4 is 11.4 Å². The molecule has 2 saturated heterocycles. The lowest BCUT2D eigenvalue weighted by molar-refractivity contribution is -0.0349. The average Bonchev–Trinajstić information content (AvgIpc) is 3.12. The number of amides is 1. The molecule has 4 rings (SSSR count). The van der Waals surface area contributed by atoms with Crippen molar-refractivity contribution in [2.45, 2.75) is 37.6 Å². The van der Waals surface area contributed by atoms with E-state index < -0.39 is 0 Å². The van der Waals surface area contributed by atoms with Crippen molar-refractivity contribution in [1.82, 2.24) is 14.6 Å². The largest absolute Gasteiger partial charge is 0.381 e. The number of pyridine rings is 1. The molecule has 0 bridgehead atoms. The number of piperidine rings is 1. The molecule has 2 aromatic heterocycles. The number of nitrogens with zero attached hydrogens (tertiary/aromatic N) is 2. The van der Waals surface area contributed by atoms with Crippen LogP contribution in [-0.2, 0) is 4.74 Å². The Morgan fingerprint density at radius 2 is 1.96 bits per heavy atom. The molecule has 0 aliphatic carbocycles. The third kappa shape index (κ3) is 3.44. The number of carbonyl (C=O) groups excluding carboxylic acids is 1. The van der Waals surface area contributed by atoms with E-state index in [1.807, 2.05) is 41.1 Å². The molecule has 0 atom stereocenters. The van der Waals surface area contributed by atoms with Gasteiger partial charge in [0.05, 0.1) is 5.56 Å². The Morgan fingerprint density at radius 1 is 1.16 bits per heavy atom. The van der Waals surface area contributed by atoms with Crippen LogP contribution in [0.2, 0.25) is 0 Å². The van der Waals surface area contributed by atoms with Gasteiger partial charge < -0.3 is 14.5 Å². The van der Waals surface area contributed by atoms with Crippen LogP contribution in [0.5, 0.6) is 0 Å². The van der Waals surface area contributed by atoms with Gasteiger partial charge in [-0.2, -0.15) is 0 Å². The predicted molar refractivity (Wildman–Crippen MR) is 97.9 cm³/mol. The zero-order chi connectivity index (χ0) is 17.1. The van der Waals surface area contributed by atoms with Crippen LogP contribution in [0.1, 0.15) is 42.5 Å². The van der Waals surface area contributed by atoms with Crippen molar-refractivity contribution in [2.75, 3.05) is 32.8 Å². The molecule has 134 valence electrons. The number of hydrogen-bond donors (Lipinski definition) is 1. The molecule has 2 fully saturated rings. The standard InChI is InChI=1S/C20H27N3O2/c24-19(17-14-18-6-2-5-9-22(18)15-17)21-16-20(7-12-25-13-8-20)23-10-3-1-4-11-23/h2,5-6,9,14-15H,1,3-4,7-8,10-13,16H2,(H,21,24). The molecule has 25 heavy (non-hydrogen) atoms. The lowest BCUT2D eigenvalue weighted by Gasteiger charge is -2.48. The summed E-state index contributed by atoms with van der Waals surface area (Å²) >= 11 is 0. The van der Waals surface area contributed by atoms with Crippen LogP contribution in [0.3, 0.4) is 0 Å². The first-order chi connectivity index (χ1) is 12.3. The van der Waals surface area contributed by atoms with Gasteiger partial charge in [-0.3, -0.25) is 9.69 Å². The highest BCUT2D eigenvalue weighted by atomic mass is 16.5. The van der Waals surface area contributed by atoms with E-state index in [0.29, 0.717) is 6.54 Å². The molecule has 2 aliphatic rings. The second kappa shape index (κ2) is 7.18. The molecule has 2 aliphatic heterocycles. The smallest absolute Gasteiger partial charge is 0.252 e. The van der Waals surface area contributed by atoms with Crippen molar-refractivity contribution in [1.29, 1.82) is 0 Å². The average molecular weight is 341 g/mol. The molecule has 5 nitrogen and oxygen atoms in total. The fourth-order valence-electron chi connectivity index (χ4n) is 4.25. The van der Waals surface area contributed by atoms with Gasteiger partial charge in [-0.05, 0) is 57.0 Å². The van der Waals surface area contributed by atoms with E-state index in [1.165, 1.54) is 19.3 Å². The molecule has 1 N–H and O–H groups in total. The maximum Gasteiger partial charge on any atom is 0.252 e. The Hall–Kier alpha value is -1.85. The van der Waals surface area contributed by atoms with Crippen molar-refractivity contribution in [3.8, 4) is 0 Å². The van der Waals surface area contributed by atoms with Crippen LogP contribution in [0.25, 0.3) is 5.52 Å². The predicted octanol–water partition coefficient (Wildman–Crippen LogP) is 2.70. The first kappa shape index (κ1) is 16.6. The number of rotatable bonds is 4. The van der Waals surface area contributed by atoms with Crippen molar-refractivity contribution in [3.63, 3.8) is 0 Å². The second-order valence-electron chi connectivity index (χ2n) is 7.33. The Kier molecular flexibility index (Phi) is 4.77. The Labute approximate surface area is 149 Å². The van der Waals surface area contributed by atoms with E-state index in [0.717, 1.165) is 50.2 Å². The van der Waals surface area contributed by atoms with E-state index in [-0.39, 0.29) is 11.4 Å². The van der Waals surface area contributed by atoms with Gasteiger partial charge in [0.2, 0.25) is 0 Å². The molecule has 0 spiro atoms. The molecule has 0 saturated carbocycles. The maximum atomic E-state index is 12.7. The summed E-state index contributed by atoms with van der Waals surface area (Å²) in [4.78, 5) is 15.3. The van der Waals surface area contributed by atoms with Gasteiger partial charge >= 0.3 is 0 Å². The summed E-state index contributed by atoms with van der Waals surface area (Å²) in [5.41, 5.74) is 1.84. The normalized spacial score (nSPS) is 21.3. The van der Waals surface area contributed by atoms with Crippen molar-refractivity contribution in [2.24, 2.45) is 0 Å². The third-order valence-corrected chi connectivity index (χ3v) is 5.80. The second-order valence-corrected chi connectivity index (χ2v) is 7.33. The first-order valence-corrected chi connectivity index (χ1v) is 9.45. The third-order valence-electron chi connectivity index (χ3n) is 5.80. The van der Waals surface area contributed by atoms with Gasteiger partial charge in [0, 0.05) is 43.2 Å². The summed E-state index contributed by atoms with van der Waals surface area (Å²) in [6.07, 6.45) is 9.74. The number of ether oxygens (including phenoxy) is 1. The highest BCUT2D eigenvalue weighted by Crippen LogP contribution is 2.30. The maximum absolute atomic E-state index is 12.7. The van der Waals surface area contributed by atoms with E-state index in [2.05, 4.69) is 10.2 Å². The summed E-state index contributed by atoms with van der Waals surface area (Å²) in [6, 6.07) is 7.93. The van der Waals surface area contributed by atoms with Crippen LogP contribution in [0.4, 0.5) is 0 Å². The van der Waals surface area contributed by atoms with Crippen LogP contribution in [-0.4, -0.2) is 53.6 Å². The van der Waals surface area contributed by atoms with Crippen LogP contribution in [0.15, 0.2) is 36.7 Å². The van der Waals surface area contributed by atoms with Gasteiger partial charge in [0.15, 0.2) is 0 Å². The zero-order valence-corrected chi connectivity index (χ0v) is 14.7. The van der Waals surface area contributed by atoms with E-state index in [9.17, 15) is 4.79 Å². The molecule has 4 heterocycles. The molecule has 0 unspecified atom stereocenters. The van der Waals surface area contributed by atoms with Crippen LogP contribution >= 0.6 is 0 Å². The molecule has 0 radical (unpaired) electrons. The summed E-state index contributed by atoms with van der Waals surface area (Å²) in [5, 5.41) is 3.22. The lowest BCUT2D eigenvalue weighted by atomic mass is 9.86. The van der Waals surface area contributed by atoms with Gasteiger partial charge in [-0.1, -0.05) is 12.5 Å². The summed E-state index contributed by atoms with van der Waals surface area (Å²) in [5.74, 6) is 0.0200. The number of nitrogens with one attached hydrogen (secondary N) is 1. The number of aromatic nitrogens is 1. The van der Waals surface area contributed by atoms with Crippen LogP contribution < -0.4 is 5.32 Å². The lowest BCUT2D eigenvalue weighted by Crippen LogP contribution is -2.59. The van der Waals surface area contributed by atoms with Crippen LogP contribution in [0, 0.1) is 0 Å². The monoisotopic (exact) mass is 341 g/mol. The zero-order valence-electron chi connectivity index (χ0n) is 14.7. The topological polar surface area (TPSA) is 46.0 Å². The summed E-state index contributed by atoms with van der Waals surface area (Å²) in [6.45, 7) is 4.59.